The van der Waals surface area contributed by atoms with Crippen molar-refractivity contribution in [3.05, 3.63) is 17.5 Å². The predicted molar refractivity (Wildman–Crippen MR) is 55.8 cm³/mol. The second-order valence-electron chi connectivity index (χ2n) is 5.23. The van der Waals surface area contributed by atoms with E-state index in [-0.39, 0.29) is 0 Å². The van der Waals surface area contributed by atoms with Crippen LogP contribution < -0.4 is 0 Å². The van der Waals surface area contributed by atoms with Crippen molar-refractivity contribution < 1.29 is 0 Å². The van der Waals surface area contributed by atoms with Gasteiger partial charge in [-0.3, -0.25) is 0 Å². The Bertz CT molecular complexity index is 329. The van der Waals surface area contributed by atoms with Gasteiger partial charge in [0.25, 0.3) is 0 Å². The van der Waals surface area contributed by atoms with Gasteiger partial charge in [-0.25, -0.2) is 15.0 Å². The molecule has 3 saturated carbocycles. The van der Waals surface area contributed by atoms with Gasteiger partial charge in [0.2, 0.25) is 0 Å². The van der Waals surface area contributed by atoms with Crippen LogP contribution in [0, 0.1) is 0 Å². The minimum atomic E-state index is 0.669. The highest BCUT2D eigenvalue weighted by Gasteiger charge is 2.35. The SMILES string of the molecule is C1CC1c1nc(C2CC2)nc(C2CC2)n1. The third-order valence-electron chi connectivity index (χ3n) is 3.51. The average Bonchev–Trinajstić information content (AvgIpc) is 3.20. The molecule has 3 heteroatoms. The molecule has 0 amide bonds. The van der Waals surface area contributed by atoms with Crippen molar-refractivity contribution in [2.75, 3.05) is 0 Å². The summed E-state index contributed by atoms with van der Waals surface area (Å²) in [6.45, 7) is 0. The van der Waals surface area contributed by atoms with E-state index >= 15 is 0 Å². The molecule has 1 aromatic rings. The maximum Gasteiger partial charge on any atom is 0.135 e. The molecule has 0 N–H and O–H groups in total. The molecular formula is C12H15N3. The summed E-state index contributed by atoms with van der Waals surface area (Å²) in [7, 11) is 0. The lowest BCUT2D eigenvalue weighted by Gasteiger charge is -2.04. The maximum atomic E-state index is 4.65. The Morgan fingerprint density at radius 3 is 1.00 bits per heavy atom. The monoisotopic (exact) mass is 201 g/mol. The highest BCUT2D eigenvalue weighted by molar-refractivity contribution is 5.16. The van der Waals surface area contributed by atoms with Crippen LogP contribution >= 0.6 is 0 Å². The van der Waals surface area contributed by atoms with Crippen molar-refractivity contribution >= 4 is 0 Å². The van der Waals surface area contributed by atoms with E-state index in [2.05, 4.69) is 15.0 Å². The summed E-state index contributed by atoms with van der Waals surface area (Å²) >= 11 is 0. The fourth-order valence-corrected chi connectivity index (χ4v) is 2.00. The van der Waals surface area contributed by atoms with E-state index in [1.807, 2.05) is 0 Å². The summed E-state index contributed by atoms with van der Waals surface area (Å²) in [6.07, 6.45) is 7.74. The van der Waals surface area contributed by atoms with E-state index in [0.29, 0.717) is 17.8 Å². The molecule has 0 radical (unpaired) electrons. The van der Waals surface area contributed by atoms with Gasteiger partial charge < -0.3 is 0 Å². The van der Waals surface area contributed by atoms with Crippen LogP contribution in [0.1, 0.15) is 73.8 Å². The van der Waals surface area contributed by atoms with Gasteiger partial charge in [0, 0.05) is 17.8 Å². The van der Waals surface area contributed by atoms with Crippen molar-refractivity contribution in [3.63, 3.8) is 0 Å². The number of hydrogen-bond donors (Lipinski definition) is 0. The van der Waals surface area contributed by atoms with Crippen LogP contribution in [0.2, 0.25) is 0 Å². The molecule has 0 saturated heterocycles. The molecule has 1 aromatic heterocycles. The molecule has 0 unspecified atom stereocenters. The van der Waals surface area contributed by atoms with Crippen LogP contribution in [-0.4, -0.2) is 15.0 Å². The third kappa shape index (κ3) is 1.54. The van der Waals surface area contributed by atoms with Crippen LogP contribution in [0.15, 0.2) is 0 Å². The first-order valence-electron chi connectivity index (χ1n) is 6.16. The molecule has 15 heavy (non-hydrogen) atoms. The molecular weight excluding hydrogens is 186 g/mol. The van der Waals surface area contributed by atoms with E-state index in [1.165, 1.54) is 38.5 Å². The first kappa shape index (κ1) is 8.20. The van der Waals surface area contributed by atoms with E-state index in [0.717, 1.165) is 17.5 Å². The Morgan fingerprint density at radius 1 is 0.533 bits per heavy atom. The van der Waals surface area contributed by atoms with Crippen LogP contribution in [0.3, 0.4) is 0 Å². The maximum absolute atomic E-state index is 4.65. The molecule has 3 aliphatic rings. The van der Waals surface area contributed by atoms with Gasteiger partial charge in [-0.2, -0.15) is 0 Å². The topological polar surface area (TPSA) is 38.7 Å². The summed E-state index contributed by atoms with van der Waals surface area (Å²) < 4.78 is 0. The molecule has 3 fully saturated rings. The fourth-order valence-electron chi connectivity index (χ4n) is 2.00. The van der Waals surface area contributed by atoms with E-state index < -0.39 is 0 Å². The number of nitrogens with zero attached hydrogens (tertiary/aromatic N) is 3. The standard InChI is InChI=1S/C12H15N3/c1-2-7(1)10-13-11(8-3-4-8)15-12(14-10)9-5-6-9/h7-9H,1-6H2. The van der Waals surface area contributed by atoms with Crippen LogP contribution in [0.5, 0.6) is 0 Å². The smallest absolute Gasteiger partial charge is 0.135 e. The fraction of sp³-hybridized carbons (Fsp3) is 0.750. The number of rotatable bonds is 3. The lowest BCUT2D eigenvalue weighted by Crippen LogP contribution is -2.05. The Morgan fingerprint density at radius 2 is 0.800 bits per heavy atom. The molecule has 3 aliphatic carbocycles. The quantitative estimate of drug-likeness (QED) is 0.754. The van der Waals surface area contributed by atoms with Crippen LogP contribution in [0.25, 0.3) is 0 Å². The van der Waals surface area contributed by atoms with Crippen molar-refractivity contribution in [1.82, 2.24) is 15.0 Å². The van der Waals surface area contributed by atoms with Gasteiger partial charge in [0.05, 0.1) is 0 Å². The normalized spacial score (nSPS) is 25.6. The molecule has 4 rings (SSSR count). The Balaban J connectivity index is 1.76. The molecule has 0 aromatic carbocycles. The number of aromatic nitrogens is 3. The zero-order valence-electron chi connectivity index (χ0n) is 8.82. The van der Waals surface area contributed by atoms with Gasteiger partial charge in [0.1, 0.15) is 17.5 Å². The Labute approximate surface area is 89.4 Å². The van der Waals surface area contributed by atoms with Gasteiger partial charge in [0.15, 0.2) is 0 Å². The van der Waals surface area contributed by atoms with Crippen molar-refractivity contribution in [2.45, 2.75) is 56.3 Å². The van der Waals surface area contributed by atoms with Crippen molar-refractivity contribution in [1.29, 1.82) is 0 Å². The Kier molecular flexibility index (Phi) is 1.52. The molecule has 3 nitrogen and oxygen atoms in total. The summed E-state index contributed by atoms with van der Waals surface area (Å²) in [5, 5.41) is 0. The molecule has 0 spiro atoms. The lowest BCUT2D eigenvalue weighted by atomic mass is 10.3. The molecule has 78 valence electrons. The third-order valence-corrected chi connectivity index (χ3v) is 3.51. The molecule has 0 aliphatic heterocycles. The average molecular weight is 201 g/mol. The molecule has 0 bridgehead atoms. The zero-order valence-corrected chi connectivity index (χ0v) is 8.82. The highest BCUT2D eigenvalue weighted by Crippen LogP contribution is 2.44. The minimum Gasteiger partial charge on any atom is -0.217 e. The van der Waals surface area contributed by atoms with Crippen LogP contribution in [-0.2, 0) is 0 Å². The van der Waals surface area contributed by atoms with Crippen molar-refractivity contribution in [2.24, 2.45) is 0 Å². The van der Waals surface area contributed by atoms with Gasteiger partial charge >= 0.3 is 0 Å². The van der Waals surface area contributed by atoms with E-state index in [1.54, 1.807) is 0 Å². The zero-order chi connectivity index (χ0) is 9.83. The summed E-state index contributed by atoms with van der Waals surface area (Å²) in [5.74, 6) is 5.32. The number of hydrogen-bond acceptors (Lipinski definition) is 3. The summed E-state index contributed by atoms with van der Waals surface area (Å²) in [5.41, 5.74) is 0. The van der Waals surface area contributed by atoms with Gasteiger partial charge in [-0.05, 0) is 38.5 Å². The van der Waals surface area contributed by atoms with E-state index in [9.17, 15) is 0 Å². The van der Waals surface area contributed by atoms with E-state index in [4.69, 9.17) is 0 Å². The minimum absolute atomic E-state index is 0.669. The molecule has 1 heterocycles. The first-order chi connectivity index (χ1) is 7.40. The first-order valence-corrected chi connectivity index (χ1v) is 6.16. The molecule has 0 atom stereocenters. The van der Waals surface area contributed by atoms with Gasteiger partial charge in [-0.15, -0.1) is 0 Å². The van der Waals surface area contributed by atoms with Crippen LogP contribution in [0.4, 0.5) is 0 Å². The van der Waals surface area contributed by atoms with Crippen molar-refractivity contribution in [3.8, 4) is 0 Å². The lowest BCUT2D eigenvalue weighted by molar-refractivity contribution is 0.757. The summed E-state index contributed by atoms with van der Waals surface area (Å²) in [4.78, 5) is 13.9. The predicted octanol–water partition coefficient (Wildman–Crippen LogP) is 2.50. The summed E-state index contributed by atoms with van der Waals surface area (Å²) in [6, 6.07) is 0. The second-order valence-corrected chi connectivity index (χ2v) is 5.23. The highest BCUT2D eigenvalue weighted by atomic mass is 15.1. The second kappa shape index (κ2) is 2.77. The Hall–Kier alpha value is -0.990. The van der Waals surface area contributed by atoms with Gasteiger partial charge in [-0.1, -0.05) is 0 Å². The largest absolute Gasteiger partial charge is 0.217 e.